The van der Waals surface area contributed by atoms with Gasteiger partial charge in [-0.15, -0.1) is 0 Å². The molecule has 1 aliphatic heterocycles. The third-order valence-electron chi connectivity index (χ3n) is 3.40. The van der Waals surface area contributed by atoms with Crippen LogP contribution >= 0.6 is 0 Å². The fourth-order valence-corrected chi connectivity index (χ4v) is 2.29. The zero-order chi connectivity index (χ0) is 15.5. The van der Waals surface area contributed by atoms with Crippen molar-refractivity contribution in [1.29, 1.82) is 0 Å². The number of nitrogens with zero attached hydrogens (tertiary/aromatic N) is 1. The lowest BCUT2D eigenvalue weighted by Gasteiger charge is -2.15. The van der Waals surface area contributed by atoms with E-state index >= 15 is 0 Å². The molecule has 1 aliphatic rings. The zero-order valence-electron chi connectivity index (χ0n) is 11.3. The van der Waals surface area contributed by atoms with E-state index in [0.29, 0.717) is 0 Å². The minimum atomic E-state index is -4.72. The van der Waals surface area contributed by atoms with Crippen molar-refractivity contribution in [3.63, 3.8) is 0 Å². The lowest BCUT2D eigenvalue weighted by Crippen LogP contribution is -2.36. The molecule has 3 nitrogen and oxygen atoms in total. The lowest BCUT2D eigenvalue weighted by atomic mass is 10.1. The molecular weight excluding hydrogens is 288 g/mol. The van der Waals surface area contributed by atoms with Gasteiger partial charge in [0.2, 0.25) is 5.91 Å². The first-order valence-corrected chi connectivity index (χ1v) is 6.72. The Hall–Kier alpha value is -1.63. The van der Waals surface area contributed by atoms with Gasteiger partial charge in [0.15, 0.2) is 0 Å². The highest BCUT2D eigenvalue weighted by Crippen LogP contribution is 2.31. The van der Waals surface area contributed by atoms with E-state index in [0.717, 1.165) is 38.1 Å². The summed E-state index contributed by atoms with van der Waals surface area (Å²) >= 11 is 0. The Bertz CT molecular complexity index is 510. The van der Waals surface area contributed by atoms with E-state index in [1.165, 1.54) is 6.07 Å². The second-order valence-electron chi connectivity index (χ2n) is 5.00. The summed E-state index contributed by atoms with van der Waals surface area (Å²) in [6, 6.07) is 2.84. The van der Waals surface area contributed by atoms with Crippen LogP contribution in [0.3, 0.4) is 0 Å². The zero-order valence-corrected chi connectivity index (χ0v) is 11.3. The first kappa shape index (κ1) is 15.8. The summed E-state index contributed by atoms with van der Waals surface area (Å²) < 4.78 is 50.8. The van der Waals surface area contributed by atoms with E-state index < -0.39 is 17.6 Å². The van der Waals surface area contributed by atoms with Gasteiger partial charge in [-0.3, -0.25) is 4.79 Å². The van der Waals surface area contributed by atoms with Crippen molar-refractivity contribution >= 4 is 5.91 Å². The maximum absolute atomic E-state index is 13.1. The summed E-state index contributed by atoms with van der Waals surface area (Å²) in [4.78, 5) is 13.5. The summed E-state index contributed by atoms with van der Waals surface area (Å²) in [5.41, 5.74) is -0.995. The van der Waals surface area contributed by atoms with Crippen LogP contribution < -0.4 is 5.32 Å². The Labute approximate surface area is 119 Å². The number of amides is 1. The molecule has 0 unspecified atom stereocenters. The summed E-state index contributed by atoms with van der Waals surface area (Å²) in [6.07, 6.45) is -2.75. The highest BCUT2D eigenvalue weighted by atomic mass is 19.4. The van der Waals surface area contributed by atoms with Gasteiger partial charge in [-0.1, -0.05) is 6.07 Å². The maximum Gasteiger partial charge on any atom is 0.419 e. The van der Waals surface area contributed by atoms with Gasteiger partial charge in [-0.2, -0.15) is 13.2 Å². The molecule has 1 heterocycles. The normalized spacial score (nSPS) is 15.5. The summed E-state index contributed by atoms with van der Waals surface area (Å²) in [5.74, 6) is -1.36. The quantitative estimate of drug-likeness (QED) is 0.867. The summed E-state index contributed by atoms with van der Waals surface area (Å²) in [5, 5.41) is 2.80. The largest absolute Gasteiger partial charge is 0.419 e. The average Bonchev–Trinajstić information content (AvgIpc) is 2.93. The molecule has 0 spiro atoms. The molecular formula is C14H16F4N2O. The first-order valence-electron chi connectivity index (χ1n) is 6.72. The van der Waals surface area contributed by atoms with Crippen molar-refractivity contribution < 1.29 is 22.4 Å². The Morgan fingerprint density at radius 3 is 2.52 bits per heavy atom. The maximum atomic E-state index is 13.1. The van der Waals surface area contributed by atoms with Crippen LogP contribution in [-0.4, -0.2) is 30.4 Å². The first-order chi connectivity index (χ1) is 9.88. The molecule has 0 aromatic heterocycles. The van der Waals surface area contributed by atoms with Gasteiger partial charge in [-0.25, -0.2) is 4.39 Å². The Morgan fingerprint density at radius 2 is 1.90 bits per heavy atom. The van der Waals surface area contributed by atoms with Crippen molar-refractivity contribution in [2.75, 3.05) is 19.6 Å². The van der Waals surface area contributed by atoms with Gasteiger partial charge in [0, 0.05) is 19.6 Å². The molecule has 21 heavy (non-hydrogen) atoms. The predicted molar refractivity (Wildman–Crippen MR) is 68.9 cm³/mol. The average molecular weight is 304 g/mol. The van der Waals surface area contributed by atoms with Gasteiger partial charge in [-0.05, 0) is 30.5 Å². The molecule has 1 saturated heterocycles. The van der Waals surface area contributed by atoms with Gasteiger partial charge in [0.25, 0.3) is 0 Å². The van der Waals surface area contributed by atoms with E-state index in [1.807, 2.05) is 0 Å². The fourth-order valence-electron chi connectivity index (χ4n) is 2.29. The third kappa shape index (κ3) is 4.17. The van der Waals surface area contributed by atoms with Gasteiger partial charge < -0.3 is 10.2 Å². The molecule has 0 bridgehead atoms. The van der Waals surface area contributed by atoms with E-state index in [4.69, 9.17) is 0 Å². The number of benzene rings is 1. The van der Waals surface area contributed by atoms with Gasteiger partial charge in [0.1, 0.15) is 5.82 Å². The molecule has 0 atom stereocenters. The van der Waals surface area contributed by atoms with Crippen LogP contribution in [0, 0.1) is 5.82 Å². The molecule has 1 aromatic carbocycles. The van der Waals surface area contributed by atoms with Gasteiger partial charge >= 0.3 is 6.18 Å². The number of alkyl halides is 3. The van der Waals surface area contributed by atoms with Crippen LogP contribution in [0.15, 0.2) is 18.2 Å². The molecule has 116 valence electrons. The molecule has 1 amide bonds. The SMILES string of the molecule is O=C(CNCc1ccc(F)c(C(F)(F)F)c1)N1CCCC1. The standard InChI is InChI=1S/C14H16F4N2O/c15-12-4-3-10(7-11(12)14(16,17)18)8-19-9-13(21)20-5-1-2-6-20/h3-4,7,19H,1-2,5-6,8-9H2. The molecule has 7 heteroatoms. The second kappa shape index (κ2) is 6.43. The number of nitrogens with one attached hydrogen (secondary N) is 1. The van der Waals surface area contributed by atoms with Crippen molar-refractivity contribution in [3.8, 4) is 0 Å². The molecule has 0 saturated carbocycles. The number of likely N-dealkylation sites (tertiary alicyclic amines) is 1. The van der Waals surface area contributed by atoms with Crippen LogP contribution in [0.1, 0.15) is 24.0 Å². The van der Waals surface area contributed by atoms with Crippen molar-refractivity contribution in [2.45, 2.75) is 25.6 Å². The summed E-state index contributed by atoms with van der Waals surface area (Å²) in [7, 11) is 0. The van der Waals surface area contributed by atoms with Crippen LogP contribution in [0.25, 0.3) is 0 Å². The molecule has 1 aromatic rings. The molecule has 2 rings (SSSR count). The number of carbonyl (C=O) groups excluding carboxylic acids is 1. The third-order valence-corrected chi connectivity index (χ3v) is 3.40. The fraction of sp³-hybridized carbons (Fsp3) is 0.500. The molecule has 0 radical (unpaired) electrons. The highest BCUT2D eigenvalue weighted by molar-refractivity contribution is 5.78. The number of carbonyl (C=O) groups is 1. The van der Waals surface area contributed by atoms with Crippen molar-refractivity contribution in [3.05, 3.63) is 35.1 Å². The minimum absolute atomic E-state index is 0.0642. The second-order valence-corrected chi connectivity index (χ2v) is 5.00. The Morgan fingerprint density at radius 1 is 1.24 bits per heavy atom. The summed E-state index contributed by atoms with van der Waals surface area (Å²) in [6.45, 7) is 1.62. The van der Waals surface area contributed by atoms with Crippen molar-refractivity contribution in [2.24, 2.45) is 0 Å². The number of halogens is 4. The molecule has 0 aliphatic carbocycles. The lowest BCUT2D eigenvalue weighted by molar-refractivity contribution is -0.140. The van der Waals surface area contributed by atoms with Crippen LogP contribution in [-0.2, 0) is 17.5 Å². The molecule has 1 N–H and O–H groups in total. The topological polar surface area (TPSA) is 32.3 Å². The highest BCUT2D eigenvalue weighted by Gasteiger charge is 2.34. The van der Waals surface area contributed by atoms with Gasteiger partial charge in [0.05, 0.1) is 12.1 Å². The predicted octanol–water partition coefficient (Wildman–Crippen LogP) is 2.56. The minimum Gasteiger partial charge on any atom is -0.342 e. The van der Waals surface area contributed by atoms with Crippen LogP contribution in [0.4, 0.5) is 17.6 Å². The smallest absolute Gasteiger partial charge is 0.342 e. The number of hydrogen-bond donors (Lipinski definition) is 1. The Kier molecular flexibility index (Phi) is 4.82. The van der Waals surface area contributed by atoms with E-state index in [-0.39, 0.29) is 24.6 Å². The van der Waals surface area contributed by atoms with Crippen molar-refractivity contribution in [1.82, 2.24) is 10.2 Å². The van der Waals surface area contributed by atoms with E-state index in [9.17, 15) is 22.4 Å². The monoisotopic (exact) mass is 304 g/mol. The number of rotatable bonds is 4. The van der Waals surface area contributed by atoms with E-state index in [2.05, 4.69) is 5.32 Å². The van der Waals surface area contributed by atoms with E-state index in [1.54, 1.807) is 4.90 Å². The van der Waals surface area contributed by atoms with Crippen LogP contribution in [0.2, 0.25) is 0 Å². The van der Waals surface area contributed by atoms with Crippen LogP contribution in [0.5, 0.6) is 0 Å². The Balaban J connectivity index is 1.90. The number of hydrogen-bond acceptors (Lipinski definition) is 2. The molecule has 1 fully saturated rings.